The molecule has 2 aromatic carbocycles. The molecule has 0 spiro atoms. The molecule has 30 heavy (non-hydrogen) atoms. The van der Waals surface area contributed by atoms with Crippen molar-refractivity contribution in [3.8, 4) is 11.5 Å². The second-order valence-electron chi connectivity index (χ2n) is 6.30. The largest absolute Gasteiger partial charge is 0.490 e. The van der Waals surface area contributed by atoms with Crippen LogP contribution < -0.4 is 20.1 Å². The summed E-state index contributed by atoms with van der Waals surface area (Å²) in [6, 6.07) is 12.6. The predicted octanol–water partition coefficient (Wildman–Crippen LogP) is 3.77. The Morgan fingerprint density at radius 1 is 0.967 bits per heavy atom. The topological polar surface area (TPSA) is 103 Å². The number of esters is 1. The molecule has 0 saturated carbocycles. The minimum Gasteiger partial charge on any atom is -0.490 e. The van der Waals surface area contributed by atoms with Gasteiger partial charge in [0, 0.05) is 5.69 Å². The van der Waals surface area contributed by atoms with Crippen LogP contribution >= 0.6 is 0 Å². The Bertz CT molecular complexity index is 869. The van der Waals surface area contributed by atoms with E-state index >= 15 is 0 Å². The fourth-order valence-electron chi connectivity index (χ4n) is 2.41. The molecule has 160 valence electrons. The van der Waals surface area contributed by atoms with E-state index in [9.17, 15) is 14.4 Å². The van der Waals surface area contributed by atoms with Gasteiger partial charge in [0.2, 0.25) is 0 Å². The molecule has 0 radical (unpaired) electrons. The highest BCUT2D eigenvalue weighted by molar-refractivity contribution is 6.03. The maximum Gasteiger partial charge on any atom is 0.339 e. The molecule has 0 aliphatic carbocycles. The lowest BCUT2D eigenvalue weighted by Gasteiger charge is -2.15. The average molecular weight is 414 g/mol. The lowest BCUT2D eigenvalue weighted by molar-refractivity contribution is -0.127. The molecule has 3 amide bonds. The SMILES string of the molecule is CCCOc1ccc(C(=O)OC(C)C(=O)NC(=O)Nc2ccccc2)cc1OCC. The minimum atomic E-state index is -1.18. The molecule has 0 bridgehead atoms. The van der Waals surface area contributed by atoms with E-state index in [2.05, 4.69) is 10.6 Å². The Hall–Kier alpha value is -3.55. The van der Waals surface area contributed by atoms with Crippen LogP contribution in [0.25, 0.3) is 0 Å². The summed E-state index contributed by atoms with van der Waals surface area (Å²) in [4.78, 5) is 36.5. The van der Waals surface area contributed by atoms with Crippen molar-refractivity contribution in [3.63, 3.8) is 0 Å². The van der Waals surface area contributed by atoms with Crippen molar-refractivity contribution >= 4 is 23.6 Å². The Morgan fingerprint density at radius 3 is 2.37 bits per heavy atom. The first-order valence-electron chi connectivity index (χ1n) is 9.72. The molecule has 0 saturated heterocycles. The number of carbonyl (C=O) groups is 3. The van der Waals surface area contributed by atoms with Crippen LogP contribution in [0.3, 0.4) is 0 Å². The zero-order valence-electron chi connectivity index (χ0n) is 17.3. The Balaban J connectivity index is 1.96. The molecule has 1 unspecified atom stereocenters. The number of ether oxygens (including phenoxy) is 3. The van der Waals surface area contributed by atoms with E-state index in [1.165, 1.54) is 19.1 Å². The number of para-hydroxylation sites is 1. The van der Waals surface area contributed by atoms with E-state index in [-0.39, 0.29) is 5.56 Å². The highest BCUT2D eigenvalue weighted by Crippen LogP contribution is 2.29. The van der Waals surface area contributed by atoms with Crippen LogP contribution in [0.15, 0.2) is 48.5 Å². The van der Waals surface area contributed by atoms with Crippen LogP contribution in [-0.2, 0) is 9.53 Å². The van der Waals surface area contributed by atoms with E-state index in [4.69, 9.17) is 14.2 Å². The quantitative estimate of drug-likeness (QED) is 0.606. The van der Waals surface area contributed by atoms with Gasteiger partial charge in [-0.25, -0.2) is 9.59 Å². The van der Waals surface area contributed by atoms with Crippen molar-refractivity contribution in [2.75, 3.05) is 18.5 Å². The average Bonchev–Trinajstić information content (AvgIpc) is 2.73. The molecule has 0 aliphatic heterocycles. The van der Waals surface area contributed by atoms with Crippen molar-refractivity contribution < 1.29 is 28.6 Å². The molecule has 1 atom stereocenters. The monoisotopic (exact) mass is 414 g/mol. The highest BCUT2D eigenvalue weighted by Gasteiger charge is 2.22. The molecule has 8 nitrogen and oxygen atoms in total. The molecular weight excluding hydrogens is 388 g/mol. The lowest BCUT2D eigenvalue weighted by atomic mass is 10.2. The fourth-order valence-corrected chi connectivity index (χ4v) is 2.41. The molecule has 0 aromatic heterocycles. The molecule has 2 aromatic rings. The summed E-state index contributed by atoms with van der Waals surface area (Å²) >= 11 is 0. The smallest absolute Gasteiger partial charge is 0.339 e. The number of hydrogen-bond donors (Lipinski definition) is 2. The van der Waals surface area contributed by atoms with Crippen LogP contribution in [0, 0.1) is 0 Å². The van der Waals surface area contributed by atoms with Gasteiger partial charge in [0.15, 0.2) is 17.6 Å². The number of benzene rings is 2. The van der Waals surface area contributed by atoms with E-state index < -0.39 is 24.0 Å². The lowest BCUT2D eigenvalue weighted by Crippen LogP contribution is -2.41. The first-order valence-corrected chi connectivity index (χ1v) is 9.72. The standard InChI is InChI=1S/C22H26N2O6/c1-4-13-29-18-12-11-16(14-19(18)28-5-2)21(26)30-15(3)20(25)24-22(27)23-17-9-7-6-8-10-17/h6-12,14-15H,4-5,13H2,1-3H3,(H2,23,24,25,27). The number of amides is 3. The number of carbonyl (C=O) groups excluding carboxylic acids is 3. The van der Waals surface area contributed by atoms with E-state index in [0.717, 1.165) is 6.42 Å². The normalized spacial score (nSPS) is 11.2. The van der Waals surface area contributed by atoms with E-state index in [0.29, 0.717) is 30.4 Å². The maximum absolute atomic E-state index is 12.4. The zero-order chi connectivity index (χ0) is 21.9. The minimum absolute atomic E-state index is 0.204. The summed E-state index contributed by atoms with van der Waals surface area (Å²) < 4.78 is 16.3. The third-order valence-corrected chi connectivity index (χ3v) is 3.86. The van der Waals surface area contributed by atoms with Gasteiger partial charge in [-0.05, 0) is 50.6 Å². The second-order valence-corrected chi connectivity index (χ2v) is 6.30. The van der Waals surface area contributed by atoms with Gasteiger partial charge in [0.05, 0.1) is 18.8 Å². The number of rotatable bonds is 9. The number of urea groups is 1. The summed E-state index contributed by atoms with van der Waals surface area (Å²) in [5.74, 6) is -0.521. The summed E-state index contributed by atoms with van der Waals surface area (Å²) in [7, 11) is 0. The predicted molar refractivity (Wildman–Crippen MR) is 112 cm³/mol. The maximum atomic E-state index is 12.4. The van der Waals surface area contributed by atoms with Crippen LogP contribution in [0.5, 0.6) is 11.5 Å². The van der Waals surface area contributed by atoms with Gasteiger partial charge in [0.1, 0.15) is 0 Å². The van der Waals surface area contributed by atoms with Crippen LogP contribution in [0.1, 0.15) is 37.6 Å². The number of nitrogens with one attached hydrogen (secondary N) is 2. The molecule has 0 fully saturated rings. The van der Waals surface area contributed by atoms with Gasteiger partial charge in [-0.1, -0.05) is 25.1 Å². The summed E-state index contributed by atoms with van der Waals surface area (Å²) in [6.07, 6.45) is -0.342. The Kier molecular flexibility index (Phi) is 8.68. The second kappa shape index (κ2) is 11.5. The summed E-state index contributed by atoms with van der Waals surface area (Å²) in [5.41, 5.74) is 0.733. The van der Waals surface area contributed by atoms with E-state index in [1.807, 2.05) is 13.8 Å². The van der Waals surface area contributed by atoms with Gasteiger partial charge in [-0.15, -0.1) is 0 Å². The van der Waals surface area contributed by atoms with Crippen molar-refractivity contribution in [3.05, 3.63) is 54.1 Å². The zero-order valence-corrected chi connectivity index (χ0v) is 17.3. The van der Waals surface area contributed by atoms with Gasteiger partial charge in [0.25, 0.3) is 5.91 Å². The van der Waals surface area contributed by atoms with E-state index in [1.54, 1.807) is 36.4 Å². The van der Waals surface area contributed by atoms with Crippen molar-refractivity contribution in [2.24, 2.45) is 0 Å². The van der Waals surface area contributed by atoms with Crippen molar-refractivity contribution in [1.29, 1.82) is 0 Å². The summed E-state index contributed by atoms with van der Waals surface area (Å²) in [6.45, 7) is 6.10. The van der Waals surface area contributed by atoms with Crippen molar-refractivity contribution in [2.45, 2.75) is 33.3 Å². The highest BCUT2D eigenvalue weighted by atomic mass is 16.5. The van der Waals surface area contributed by atoms with Gasteiger partial charge in [-0.2, -0.15) is 0 Å². The Labute approximate surface area is 175 Å². The molecule has 2 rings (SSSR count). The number of hydrogen-bond acceptors (Lipinski definition) is 6. The van der Waals surface area contributed by atoms with Crippen LogP contribution in [0.2, 0.25) is 0 Å². The first kappa shape index (κ1) is 22.7. The molecule has 8 heteroatoms. The van der Waals surface area contributed by atoms with Crippen molar-refractivity contribution in [1.82, 2.24) is 5.32 Å². The third kappa shape index (κ3) is 6.80. The fraction of sp³-hybridized carbons (Fsp3) is 0.318. The molecule has 0 aliphatic rings. The van der Waals surface area contributed by atoms with Gasteiger partial charge in [-0.3, -0.25) is 10.1 Å². The summed E-state index contributed by atoms with van der Waals surface area (Å²) in [5, 5.41) is 4.65. The Morgan fingerprint density at radius 2 is 1.70 bits per heavy atom. The molecule has 2 N–H and O–H groups in total. The molecule has 0 heterocycles. The number of anilines is 1. The number of imide groups is 1. The van der Waals surface area contributed by atoms with Gasteiger partial charge >= 0.3 is 12.0 Å². The van der Waals surface area contributed by atoms with Gasteiger partial charge < -0.3 is 19.5 Å². The van der Waals surface area contributed by atoms with Crippen LogP contribution in [-0.4, -0.2) is 37.2 Å². The first-order chi connectivity index (χ1) is 14.4. The molecular formula is C22H26N2O6. The van der Waals surface area contributed by atoms with Crippen LogP contribution in [0.4, 0.5) is 10.5 Å². The third-order valence-electron chi connectivity index (χ3n) is 3.86.